The van der Waals surface area contributed by atoms with Crippen molar-refractivity contribution in [3.63, 3.8) is 0 Å². The molecule has 0 radical (unpaired) electrons. The van der Waals surface area contributed by atoms with E-state index in [0.29, 0.717) is 30.5 Å². The Labute approximate surface area is 126 Å². The van der Waals surface area contributed by atoms with Gasteiger partial charge in [-0.05, 0) is 40.3 Å². The molecular formula is C14H17BrN2O3. The number of hydrogen-bond acceptors (Lipinski definition) is 3. The first-order valence-corrected chi connectivity index (χ1v) is 7.43. The van der Waals surface area contributed by atoms with Gasteiger partial charge in [0, 0.05) is 19.2 Å². The van der Waals surface area contributed by atoms with E-state index >= 15 is 0 Å². The Kier molecular flexibility index (Phi) is 4.42. The van der Waals surface area contributed by atoms with Crippen molar-refractivity contribution in [2.24, 2.45) is 11.8 Å². The number of piperidine rings is 1. The van der Waals surface area contributed by atoms with Crippen LogP contribution in [0.3, 0.4) is 0 Å². The molecule has 0 aromatic heterocycles. The lowest BCUT2D eigenvalue weighted by molar-refractivity contribution is -0.385. The van der Waals surface area contributed by atoms with Gasteiger partial charge in [0.2, 0.25) is 0 Å². The highest BCUT2D eigenvalue weighted by Gasteiger charge is 2.29. The lowest BCUT2D eigenvalue weighted by Crippen LogP contribution is -2.42. The second-order valence-electron chi connectivity index (χ2n) is 5.39. The molecule has 20 heavy (non-hydrogen) atoms. The second kappa shape index (κ2) is 5.91. The smallest absolute Gasteiger partial charge is 0.284 e. The quantitative estimate of drug-likeness (QED) is 0.611. The van der Waals surface area contributed by atoms with E-state index in [4.69, 9.17) is 0 Å². The molecule has 0 bridgehead atoms. The molecule has 108 valence electrons. The first-order valence-electron chi connectivity index (χ1n) is 6.64. The molecule has 2 unspecified atom stereocenters. The normalized spacial score (nSPS) is 22.6. The summed E-state index contributed by atoms with van der Waals surface area (Å²) >= 11 is 3.19. The molecule has 5 nitrogen and oxygen atoms in total. The Morgan fingerprint density at radius 3 is 2.70 bits per heavy atom. The van der Waals surface area contributed by atoms with E-state index in [1.54, 1.807) is 17.0 Å². The van der Waals surface area contributed by atoms with Crippen molar-refractivity contribution in [3.8, 4) is 0 Å². The van der Waals surface area contributed by atoms with Crippen LogP contribution in [0, 0.1) is 22.0 Å². The summed E-state index contributed by atoms with van der Waals surface area (Å²) in [6.45, 7) is 5.73. The topological polar surface area (TPSA) is 63.5 Å². The Bertz CT molecular complexity index is 547. The van der Waals surface area contributed by atoms with Crippen molar-refractivity contribution in [3.05, 3.63) is 38.3 Å². The molecule has 1 amide bonds. The molecule has 1 aliphatic heterocycles. The lowest BCUT2D eigenvalue weighted by Gasteiger charge is -2.35. The number of nitrogens with zero attached hydrogens (tertiary/aromatic N) is 2. The average molecular weight is 341 g/mol. The molecule has 0 saturated carbocycles. The zero-order chi connectivity index (χ0) is 14.9. The Morgan fingerprint density at radius 1 is 1.40 bits per heavy atom. The minimum atomic E-state index is -0.484. The zero-order valence-electron chi connectivity index (χ0n) is 11.5. The molecule has 1 heterocycles. The number of likely N-dealkylation sites (tertiary alicyclic amines) is 1. The van der Waals surface area contributed by atoms with Gasteiger partial charge in [-0.2, -0.15) is 0 Å². The first-order chi connectivity index (χ1) is 9.41. The van der Waals surface area contributed by atoms with Gasteiger partial charge in [-0.1, -0.05) is 19.9 Å². The maximum Gasteiger partial charge on any atom is 0.284 e. The zero-order valence-corrected chi connectivity index (χ0v) is 13.1. The number of carbonyl (C=O) groups excluding carboxylic acids is 1. The van der Waals surface area contributed by atoms with Crippen LogP contribution in [0.5, 0.6) is 0 Å². The SMILES string of the molecule is CC1CCN(C(=O)c2cccc([N+](=O)[O-])c2Br)CC1C. The third-order valence-corrected chi connectivity index (χ3v) is 4.86. The summed E-state index contributed by atoms with van der Waals surface area (Å²) in [6, 6.07) is 4.57. The van der Waals surface area contributed by atoms with Crippen LogP contribution in [0.25, 0.3) is 0 Å². The van der Waals surface area contributed by atoms with Crippen molar-refractivity contribution in [1.82, 2.24) is 4.90 Å². The number of nitro groups is 1. The van der Waals surface area contributed by atoms with Crippen molar-refractivity contribution < 1.29 is 9.72 Å². The predicted molar refractivity (Wildman–Crippen MR) is 79.6 cm³/mol. The third-order valence-electron chi connectivity index (χ3n) is 4.03. The van der Waals surface area contributed by atoms with Gasteiger partial charge >= 0.3 is 0 Å². The Morgan fingerprint density at radius 2 is 2.10 bits per heavy atom. The van der Waals surface area contributed by atoms with Crippen LogP contribution < -0.4 is 0 Å². The van der Waals surface area contributed by atoms with E-state index in [1.165, 1.54) is 6.07 Å². The average Bonchev–Trinajstić information content (AvgIpc) is 2.41. The minimum Gasteiger partial charge on any atom is -0.338 e. The van der Waals surface area contributed by atoms with Crippen molar-refractivity contribution in [2.75, 3.05) is 13.1 Å². The third kappa shape index (κ3) is 2.85. The number of benzene rings is 1. The van der Waals surface area contributed by atoms with E-state index in [9.17, 15) is 14.9 Å². The van der Waals surface area contributed by atoms with Gasteiger partial charge in [-0.3, -0.25) is 14.9 Å². The van der Waals surface area contributed by atoms with Crippen LogP contribution >= 0.6 is 15.9 Å². The number of hydrogen-bond donors (Lipinski definition) is 0. The number of carbonyl (C=O) groups is 1. The summed E-state index contributed by atoms with van der Waals surface area (Å²) in [4.78, 5) is 24.7. The molecule has 1 fully saturated rings. The lowest BCUT2D eigenvalue weighted by atomic mass is 9.88. The van der Waals surface area contributed by atoms with Crippen LogP contribution in [0.2, 0.25) is 0 Å². The van der Waals surface area contributed by atoms with E-state index in [2.05, 4.69) is 29.8 Å². The minimum absolute atomic E-state index is 0.0747. The van der Waals surface area contributed by atoms with Gasteiger partial charge < -0.3 is 4.90 Å². The highest BCUT2D eigenvalue weighted by molar-refractivity contribution is 9.10. The number of halogens is 1. The predicted octanol–water partition coefficient (Wildman–Crippen LogP) is 3.48. The molecule has 2 rings (SSSR count). The summed E-state index contributed by atoms with van der Waals surface area (Å²) < 4.78 is 0.265. The summed E-state index contributed by atoms with van der Waals surface area (Å²) in [7, 11) is 0. The maximum absolute atomic E-state index is 12.5. The monoisotopic (exact) mass is 340 g/mol. The second-order valence-corrected chi connectivity index (χ2v) is 6.18. The van der Waals surface area contributed by atoms with Gasteiger partial charge in [0.15, 0.2) is 0 Å². The fourth-order valence-electron chi connectivity index (χ4n) is 2.44. The van der Waals surface area contributed by atoms with E-state index in [1.807, 2.05) is 0 Å². The molecule has 1 saturated heterocycles. The molecule has 1 aromatic rings. The fraction of sp³-hybridized carbons (Fsp3) is 0.500. The number of amides is 1. The van der Waals surface area contributed by atoms with Gasteiger partial charge in [0.25, 0.3) is 11.6 Å². The molecule has 6 heteroatoms. The molecule has 0 aliphatic carbocycles. The molecular weight excluding hydrogens is 324 g/mol. The van der Waals surface area contributed by atoms with Gasteiger partial charge in [0.1, 0.15) is 4.47 Å². The fourth-order valence-corrected chi connectivity index (χ4v) is 3.02. The van der Waals surface area contributed by atoms with Crippen molar-refractivity contribution in [2.45, 2.75) is 20.3 Å². The van der Waals surface area contributed by atoms with Crippen LogP contribution in [-0.2, 0) is 0 Å². The molecule has 1 aromatic carbocycles. The van der Waals surface area contributed by atoms with E-state index in [-0.39, 0.29) is 16.1 Å². The van der Waals surface area contributed by atoms with Crippen LogP contribution in [0.4, 0.5) is 5.69 Å². The Hall–Kier alpha value is -1.43. The van der Waals surface area contributed by atoms with Crippen molar-refractivity contribution in [1.29, 1.82) is 0 Å². The van der Waals surface area contributed by atoms with Crippen LogP contribution in [0.15, 0.2) is 22.7 Å². The number of rotatable bonds is 2. The highest BCUT2D eigenvalue weighted by atomic mass is 79.9. The maximum atomic E-state index is 12.5. The molecule has 0 N–H and O–H groups in total. The molecule has 2 atom stereocenters. The van der Waals surface area contributed by atoms with Gasteiger partial charge in [-0.25, -0.2) is 0 Å². The summed E-state index contributed by atoms with van der Waals surface area (Å²) in [5.74, 6) is 0.914. The molecule has 0 spiro atoms. The van der Waals surface area contributed by atoms with Gasteiger partial charge in [-0.15, -0.1) is 0 Å². The summed E-state index contributed by atoms with van der Waals surface area (Å²) in [6.07, 6.45) is 0.972. The van der Waals surface area contributed by atoms with Gasteiger partial charge in [0.05, 0.1) is 10.5 Å². The first kappa shape index (κ1) is 15.0. The largest absolute Gasteiger partial charge is 0.338 e. The number of nitro benzene ring substituents is 1. The summed E-state index contributed by atoms with van der Waals surface area (Å²) in [5.41, 5.74) is 0.287. The van der Waals surface area contributed by atoms with Crippen molar-refractivity contribution >= 4 is 27.5 Å². The van der Waals surface area contributed by atoms with E-state index in [0.717, 1.165) is 6.42 Å². The Balaban J connectivity index is 2.26. The van der Waals surface area contributed by atoms with Crippen LogP contribution in [0.1, 0.15) is 30.6 Å². The van der Waals surface area contributed by atoms with Crippen LogP contribution in [-0.4, -0.2) is 28.8 Å². The highest BCUT2D eigenvalue weighted by Crippen LogP contribution is 2.31. The summed E-state index contributed by atoms with van der Waals surface area (Å²) in [5, 5.41) is 10.9. The van der Waals surface area contributed by atoms with E-state index < -0.39 is 4.92 Å². The standard InChI is InChI=1S/C14H17BrN2O3/c1-9-6-7-16(8-10(9)2)14(18)11-4-3-5-12(13(11)15)17(19)20/h3-5,9-10H,6-8H2,1-2H3. The molecule has 1 aliphatic rings.